The lowest BCUT2D eigenvalue weighted by Gasteiger charge is -2.13. The van der Waals surface area contributed by atoms with Crippen molar-refractivity contribution in [2.45, 2.75) is 9.79 Å². The summed E-state index contributed by atoms with van der Waals surface area (Å²) in [6.45, 7) is 0. The topological polar surface area (TPSA) is 23.1 Å². The van der Waals surface area contributed by atoms with E-state index in [-0.39, 0.29) is 9.79 Å². The molecule has 0 aliphatic rings. The van der Waals surface area contributed by atoms with Crippen LogP contribution in [0.3, 0.4) is 0 Å². The average molecular weight is 390 g/mol. The molecule has 138 valence electrons. The van der Waals surface area contributed by atoms with E-state index in [0.29, 0.717) is 11.1 Å². The molecule has 4 rings (SSSR count). The van der Waals surface area contributed by atoms with Crippen molar-refractivity contribution in [2.75, 3.05) is 0 Å². The first kappa shape index (κ1) is 18.4. The van der Waals surface area contributed by atoms with Crippen molar-refractivity contribution < 1.29 is 13.3 Å². The molecular formula is C24H16F2OS. The van der Waals surface area contributed by atoms with E-state index >= 15 is 0 Å². The molecule has 0 aliphatic heterocycles. The fourth-order valence-corrected chi connectivity index (χ4v) is 4.13. The van der Waals surface area contributed by atoms with Crippen LogP contribution >= 0.6 is 0 Å². The Morgan fingerprint density at radius 1 is 0.500 bits per heavy atom. The Morgan fingerprint density at radius 3 is 1.25 bits per heavy atom. The third-order valence-electron chi connectivity index (χ3n) is 4.48. The predicted molar refractivity (Wildman–Crippen MR) is 108 cm³/mol. The second-order valence-electron chi connectivity index (χ2n) is 6.29. The van der Waals surface area contributed by atoms with Crippen LogP contribution in [0.25, 0.3) is 22.3 Å². The van der Waals surface area contributed by atoms with Gasteiger partial charge >= 0.3 is 0 Å². The van der Waals surface area contributed by atoms with Gasteiger partial charge in [0.15, 0.2) is 21.4 Å². The fraction of sp³-hybridized carbons (Fsp3) is 0. The Morgan fingerprint density at radius 2 is 0.893 bits per heavy atom. The van der Waals surface area contributed by atoms with Crippen LogP contribution in [0.1, 0.15) is 0 Å². The Labute approximate surface area is 165 Å². The molecule has 0 heterocycles. The molecule has 4 aromatic rings. The van der Waals surface area contributed by atoms with Crippen LogP contribution in [0, 0.1) is 11.6 Å². The maximum Gasteiger partial charge on any atom is 0.194 e. The van der Waals surface area contributed by atoms with Crippen molar-refractivity contribution in [1.82, 2.24) is 0 Å². The Bertz CT molecular complexity index is 1010. The molecule has 0 atom stereocenters. The molecule has 0 spiro atoms. The third-order valence-corrected chi connectivity index (χ3v) is 5.94. The molecule has 0 bridgehead atoms. The second-order valence-corrected chi connectivity index (χ2v) is 7.71. The zero-order valence-corrected chi connectivity index (χ0v) is 15.6. The van der Waals surface area contributed by atoms with Gasteiger partial charge in [0.2, 0.25) is 0 Å². The molecule has 28 heavy (non-hydrogen) atoms. The summed E-state index contributed by atoms with van der Waals surface area (Å²) < 4.78 is 42.1. The van der Waals surface area contributed by atoms with Crippen LogP contribution in [0.2, 0.25) is 0 Å². The Kier molecular flexibility index (Phi) is 5.24. The standard InChI is InChI=1S/C24H16F2OS/c25-21-15-19(17-7-3-1-4-8-17)11-13-23(21)28(27)24-14-12-20(16-22(24)26)18-9-5-2-6-10-18/h1-16H. The van der Waals surface area contributed by atoms with Crippen LogP contribution < -0.4 is 0 Å². The SMILES string of the molecule is [O-][S+](c1ccc(-c2ccccc2)cc1F)c1ccc(-c2ccccc2)cc1F. The maximum atomic E-state index is 14.6. The van der Waals surface area contributed by atoms with Crippen LogP contribution in [-0.2, 0) is 11.2 Å². The highest BCUT2D eigenvalue weighted by Gasteiger charge is 2.24. The van der Waals surface area contributed by atoms with Crippen LogP contribution in [0.5, 0.6) is 0 Å². The molecule has 0 saturated heterocycles. The minimum atomic E-state index is -1.95. The number of rotatable bonds is 4. The molecule has 0 fully saturated rings. The lowest BCUT2D eigenvalue weighted by Crippen LogP contribution is -2.07. The zero-order valence-electron chi connectivity index (χ0n) is 14.8. The van der Waals surface area contributed by atoms with E-state index in [1.807, 2.05) is 60.7 Å². The van der Waals surface area contributed by atoms with Gasteiger partial charge in [-0.15, -0.1) is 0 Å². The van der Waals surface area contributed by atoms with Gasteiger partial charge in [-0.1, -0.05) is 60.7 Å². The number of hydrogen-bond donors (Lipinski definition) is 0. The van der Waals surface area contributed by atoms with Gasteiger partial charge in [-0.2, -0.15) is 0 Å². The molecule has 0 aliphatic carbocycles. The fourth-order valence-electron chi connectivity index (χ4n) is 3.04. The van der Waals surface area contributed by atoms with Crippen LogP contribution in [-0.4, -0.2) is 4.55 Å². The molecule has 0 N–H and O–H groups in total. The summed E-state index contributed by atoms with van der Waals surface area (Å²) in [5.74, 6) is -1.24. The average Bonchev–Trinajstić information content (AvgIpc) is 2.74. The monoisotopic (exact) mass is 390 g/mol. The summed E-state index contributed by atoms with van der Waals surface area (Å²) in [5.41, 5.74) is 3.08. The lowest BCUT2D eigenvalue weighted by atomic mass is 10.1. The number of halogens is 2. The van der Waals surface area contributed by atoms with Gasteiger partial charge in [-0.25, -0.2) is 8.78 Å². The molecule has 4 aromatic carbocycles. The molecule has 0 saturated carbocycles. The number of hydrogen-bond acceptors (Lipinski definition) is 1. The van der Waals surface area contributed by atoms with Gasteiger partial charge < -0.3 is 4.55 Å². The summed E-state index contributed by atoms with van der Waals surface area (Å²) in [6.07, 6.45) is 0. The summed E-state index contributed by atoms with van der Waals surface area (Å²) in [7, 11) is 0. The van der Waals surface area contributed by atoms with Crippen molar-refractivity contribution >= 4 is 11.2 Å². The minimum absolute atomic E-state index is 0.0361. The van der Waals surface area contributed by atoms with Crippen molar-refractivity contribution in [1.29, 1.82) is 0 Å². The van der Waals surface area contributed by atoms with E-state index in [2.05, 4.69) is 0 Å². The summed E-state index contributed by atoms with van der Waals surface area (Å²) >= 11 is -1.95. The van der Waals surface area contributed by atoms with Gasteiger partial charge in [0, 0.05) is 11.2 Å². The summed E-state index contributed by atoms with van der Waals surface area (Å²) in [4.78, 5) is -0.0721. The van der Waals surface area contributed by atoms with Gasteiger partial charge in [0.05, 0.1) is 0 Å². The summed E-state index contributed by atoms with van der Waals surface area (Å²) in [6, 6.07) is 27.7. The van der Waals surface area contributed by atoms with E-state index in [9.17, 15) is 13.3 Å². The first-order valence-corrected chi connectivity index (χ1v) is 9.90. The second kappa shape index (κ2) is 7.97. The molecule has 0 unspecified atom stereocenters. The molecule has 0 radical (unpaired) electrons. The van der Waals surface area contributed by atoms with E-state index in [1.54, 1.807) is 12.1 Å². The van der Waals surface area contributed by atoms with E-state index < -0.39 is 22.8 Å². The van der Waals surface area contributed by atoms with Crippen molar-refractivity contribution in [3.63, 3.8) is 0 Å². The Balaban J connectivity index is 1.65. The van der Waals surface area contributed by atoms with Gasteiger partial charge in [-0.3, -0.25) is 0 Å². The van der Waals surface area contributed by atoms with E-state index in [0.717, 1.165) is 11.1 Å². The molecular weight excluding hydrogens is 374 g/mol. The van der Waals surface area contributed by atoms with Crippen molar-refractivity contribution in [3.05, 3.63) is 109 Å². The highest BCUT2D eigenvalue weighted by Crippen LogP contribution is 2.31. The van der Waals surface area contributed by atoms with E-state index in [4.69, 9.17) is 0 Å². The first-order chi connectivity index (χ1) is 13.6. The van der Waals surface area contributed by atoms with Gasteiger partial charge in [0.25, 0.3) is 0 Å². The minimum Gasteiger partial charge on any atom is -0.606 e. The normalized spacial score (nSPS) is 11.0. The molecule has 0 amide bonds. The smallest absolute Gasteiger partial charge is 0.194 e. The van der Waals surface area contributed by atoms with Gasteiger partial charge in [0.1, 0.15) is 0 Å². The predicted octanol–water partition coefficient (Wildman–Crippen LogP) is 6.47. The molecule has 0 aromatic heterocycles. The van der Waals surface area contributed by atoms with Gasteiger partial charge in [-0.05, 0) is 58.7 Å². The quantitative estimate of drug-likeness (QED) is 0.367. The van der Waals surface area contributed by atoms with Crippen molar-refractivity contribution in [2.24, 2.45) is 0 Å². The highest BCUT2D eigenvalue weighted by molar-refractivity contribution is 7.91. The molecule has 4 heteroatoms. The highest BCUT2D eigenvalue weighted by atomic mass is 32.2. The third kappa shape index (κ3) is 3.70. The molecule has 1 nitrogen and oxygen atoms in total. The maximum absolute atomic E-state index is 14.6. The zero-order chi connectivity index (χ0) is 19.5. The largest absolute Gasteiger partial charge is 0.606 e. The van der Waals surface area contributed by atoms with Crippen LogP contribution in [0.15, 0.2) is 107 Å². The van der Waals surface area contributed by atoms with Crippen molar-refractivity contribution in [3.8, 4) is 22.3 Å². The lowest BCUT2D eigenvalue weighted by molar-refractivity contribution is 0.551. The Hall–Kier alpha value is -2.95. The number of benzene rings is 4. The van der Waals surface area contributed by atoms with Crippen LogP contribution in [0.4, 0.5) is 8.78 Å². The first-order valence-electron chi connectivity index (χ1n) is 8.75. The summed E-state index contributed by atoms with van der Waals surface area (Å²) in [5, 5.41) is 0. The van der Waals surface area contributed by atoms with E-state index in [1.165, 1.54) is 24.3 Å².